The van der Waals surface area contributed by atoms with E-state index < -0.39 is 0 Å². The average molecular weight is 249 g/mol. The molecule has 1 N–H and O–H groups in total. The van der Waals surface area contributed by atoms with Crippen molar-refractivity contribution in [3.63, 3.8) is 0 Å². The maximum absolute atomic E-state index is 5.45. The van der Waals surface area contributed by atoms with E-state index in [2.05, 4.69) is 17.4 Å². The highest BCUT2D eigenvalue weighted by atomic mass is 16.5. The highest BCUT2D eigenvalue weighted by Crippen LogP contribution is 2.22. The molecule has 0 bridgehead atoms. The smallest absolute Gasteiger partial charge is 0.123 e. The van der Waals surface area contributed by atoms with Crippen molar-refractivity contribution in [2.75, 3.05) is 14.2 Å². The Labute approximate surface area is 109 Å². The molecule has 0 saturated heterocycles. The van der Waals surface area contributed by atoms with Gasteiger partial charge in [0.05, 0.1) is 13.2 Å². The molecule has 0 unspecified atom stereocenters. The number of ether oxygens (including phenoxy) is 2. The molecule has 0 amide bonds. The van der Waals surface area contributed by atoms with Gasteiger partial charge in [0.2, 0.25) is 0 Å². The summed E-state index contributed by atoms with van der Waals surface area (Å²) in [6, 6.07) is 8.74. The number of methoxy groups -OCH3 is 2. The van der Waals surface area contributed by atoms with Crippen molar-refractivity contribution in [3.8, 4) is 5.75 Å². The highest BCUT2D eigenvalue weighted by molar-refractivity contribution is 5.33. The predicted octanol–water partition coefficient (Wildman–Crippen LogP) is 2.74. The molecular weight excluding hydrogens is 226 g/mol. The van der Waals surface area contributed by atoms with Gasteiger partial charge in [-0.2, -0.15) is 0 Å². The third kappa shape index (κ3) is 3.47. The molecule has 3 nitrogen and oxygen atoms in total. The van der Waals surface area contributed by atoms with Crippen LogP contribution < -0.4 is 10.1 Å². The molecule has 0 spiro atoms. The van der Waals surface area contributed by atoms with E-state index in [1.165, 1.54) is 24.8 Å². The maximum Gasteiger partial charge on any atom is 0.123 e. The van der Waals surface area contributed by atoms with E-state index in [1.54, 1.807) is 7.11 Å². The van der Waals surface area contributed by atoms with Crippen LogP contribution in [0.5, 0.6) is 5.75 Å². The molecule has 0 aliphatic heterocycles. The summed E-state index contributed by atoms with van der Waals surface area (Å²) in [5, 5.41) is 3.62. The van der Waals surface area contributed by atoms with Gasteiger partial charge in [-0.25, -0.2) is 0 Å². The first-order valence-corrected chi connectivity index (χ1v) is 6.71. The van der Waals surface area contributed by atoms with Crippen molar-refractivity contribution in [1.82, 2.24) is 5.32 Å². The fourth-order valence-electron chi connectivity index (χ4n) is 2.65. The standard InChI is InChI=1S/C15H23NO2/c1-17-14-8-5-7-13(10-14)16-11-12-6-3-4-9-15(12)18-2/h3-4,6,9,13-14,16H,5,7-8,10-11H2,1-2H3/t13-,14+/m0/s1. The van der Waals surface area contributed by atoms with Gasteiger partial charge in [0.15, 0.2) is 0 Å². The van der Waals surface area contributed by atoms with Gasteiger partial charge in [0.1, 0.15) is 5.75 Å². The van der Waals surface area contributed by atoms with E-state index >= 15 is 0 Å². The summed E-state index contributed by atoms with van der Waals surface area (Å²) in [4.78, 5) is 0. The third-order valence-electron chi connectivity index (χ3n) is 3.73. The predicted molar refractivity (Wildman–Crippen MR) is 72.9 cm³/mol. The van der Waals surface area contributed by atoms with Crippen LogP contribution in [0, 0.1) is 0 Å². The van der Waals surface area contributed by atoms with Crippen LogP contribution in [-0.4, -0.2) is 26.4 Å². The molecule has 1 aliphatic rings. The average Bonchev–Trinajstić information content (AvgIpc) is 2.45. The summed E-state index contributed by atoms with van der Waals surface area (Å²) in [6.07, 6.45) is 5.24. The minimum atomic E-state index is 0.425. The summed E-state index contributed by atoms with van der Waals surface area (Å²) in [7, 11) is 3.54. The van der Waals surface area contributed by atoms with Crippen LogP contribution in [0.2, 0.25) is 0 Å². The van der Waals surface area contributed by atoms with Crippen LogP contribution in [0.25, 0.3) is 0 Å². The third-order valence-corrected chi connectivity index (χ3v) is 3.73. The molecule has 18 heavy (non-hydrogen) atoms. The lowest BCUT2D eigenvalue weighted by Crippen LogP contribution is -2.36. The molecule has 2 rings (SSSR count). The first-order valence-electron chi connectivity index (χ1n) is 6.71. The van der Waals surface area contributed by atoms with Crippen molar-refractivity contribution < 1.29 is 9.47 Å². The first kappa shape index (κ1) is 13.4. The second kappa shape index (κ2) is 6.76. The molecule has 1 aromatic rings. The van der Waals surface area contributed by atoms with E-state index in [9.17, 15) is 0 Å². The summed E-state index contributed by atoms with van der Waals surface area (Å²) >= 11 is 0. The molecule has 1 fully saturated rings. The van der Waals surface area contributed by atoms with Crippen LogP contribution in [0.1, 0.15) is 31.2 Å². The quantitative estimate of drug-likeness (QED) is 0.870. The topological polar surface area (TPSA) is 30.5 Å². The normalized spacial score (nSPS) is 23.9. The zero-order valence-electron chi connectivity index (χ0n) is 11.3. The minimum Gasteiger partial charge on any atom is -0.496 e. The van der Waals surface area contributed by atoms with Gasteiger partial charge >= 0.3 is 0 Å². The Bertz CT molecular complexity index is 367. The number of rotatable bonds is 5. The van der Waals surface area contributed by atoms with Crippen LogP contribution >= 0.6 is 0 Å². The zero-order valence-corrected chi connectivity index (χ0v) is 11.3. The van der Waals surface area contributed by atoms with Gasteiger partial charge < -0.3 is 14.8 Å². The van der Waals surface area contributed by atoms with Gasteiger partial charge in [-0.15, -0.1) is 0 Å². The van der Waals surface area contributed by atoms with Crippen LogP contribution in [0.3, 0.4) is 0 Å². The van der Waals surface area contributed by atoms with Crippen molar-refractivity contribution in [2.45, 2.75) is 44.4 Å². The SMILES string of the molecule is COc1ccccc1CN[C@H]1CCC[C@@H](OC)C1. The van der Waals surface area contributed by atoms with Gasteiger partial charge in [-0.05, 0) is 31.7 Å². The lowest BCUT2D eigenvalue weighted by molar-refractivity contribution is 0.0586. The zero-order chi connectivity index (χ0) is 12.8. The van der Waals surface area contributed by atoms with E-state index in [4.69, 9.17) is 9.47 Å². The number of hydrogen-bond donors (Lipinski definition) is 1. The Morgan fingerprint density at radius 1 is 1.22 bits per heavy atom. The van der Waals surface area contributed by atoms with E-state index in [1.807, 2.05) is 19.2 Å². The van der Waals surface area contributed by atoms with E-state index in [0.717, 1.165) is 18.7 Å². The second-order valence-corrected chi connectivity index (χ2v) is 4.91. The number of nitrogens with one attached hydrogen (secondary N) is 1. The van der Waals surface area contributed by atoms with Crippen LogP contribution in [-0.2, 0) is 11.3 Å². The molecule has 0 aromatic heterocycles. The molecule has 1 aliphatic carbocycles. The van der Waals surface area contributed by atoms with Gasteiger partial charge in [-0.1, -0.05) is 18.2 Å². The Kier molecular flexibility index (Phi) is 5.02. The molecule has 100 valence electrons. The summed E-state index contributed by atoms with van der Waals surface area (Å²) < 4.78 is 10.8. The summed E-state index contributed by atoms with van der Waals surface area (Å²) in [5.74, 6) is 0.962. The number of para-hydroxylation sites is 1. The monoisotopic (exact) mass is 249 g/mol. The fraction of sp³-hybridized carbons (Fsp3) is 0.600. The Balaban J connectivity index is 1.87. The van der Waals surface area contributed by atoms with E-state index in [-0.39, 0.29) is 0 Å². The lowest BCUT2D eigenvalue weighted by Gasteiger charge is -2.29. The highest BCUT2D eigenvalue weighted by Gasteiger charge is 2.21. The number of hydrogen-bond acceptors (Lipinski definition) is 3. The minimum absolute atomic E-state index is 0.425. The Hall–Kier alpha value is -1.06. The molecule has 1 aromatic carbocycles. The first-order chi connectivity index (χ1) is 8.83. The Morgan fingerprint density at radius 2 is 2.06 bits per heavy atom. The second-order valence-electron chi connectivity index (χ2n) is 4.91. The largest absolute Gasteiger partial charge is 0.496 e. The van der Waals surface area contributed by atoms with Crippen molar-refractivity contribution in [1.29, 1.82) is 0 Å². The summed E-state index contributed by atoms with van der Waals surface area (Å²) in [5.41, 5.74) is 1.22. The Morgan fingerprint density at radius 3 is 2.83 bits per heavy atom. The number of benzene rings is 1. The molecule has 2 atom stereocenters. The van der Waals surface area contributed by atoms with Gasteiger partial charge in [0, 0.05) is 25.3 Å². The lowest BCUT2D eigenvalue weighted by atomic mass is 9.92. The van der Waals surface area contributed by atoms with Gasteiger partial charge in [0.25, 0.3) is 0 Å². The summed E-state index contributed by atoms with van der Waals surface area (Å²) in [6.45, 7) is 0.866. The molecule has 3 heteroatoms. The van der Waals surface area contributed by atoms with Gasteiger partial charge in [-0.3, -0.25) is 0 Å². The van der Waals surface area contributed by atoms with Crippen LogP contribution in [0.4, 0.5) is 0 Å². The van der Waals surface area contributed by atoms with Crippen molar-refractivity contribution in [2.24, 2.45) is 0 Å². The van der Waals surface area contributed by atoms with Crippen molar-refractivity contribution >= 4 is 0 Å². The fourth-order valence-corrected chi connectivity index (χ4v) is 2.65. The maximum atomic E-state index is 5.45. The molecular formula is C15H23NO2. The van der Waals surface area contributed by atoms with E-state index in [0.29, 0.717) is 12.1 Å². The van der Waals surface area contributed by atoms with Crippen LogP contribution in [0.15, 0.2) is 24.3 Å². The van der Waals surface area contributed by atoms with Crippen molar-refractivity contribution in [3.05, 3.63) is 29.8 Å². The molecule has 0 radical (unpaired) electrons. The molecule has 0 heterocycles. The molecule has 1 saturated carbocycles.